The zero-order valence-electron chi connectivity index (χ0n) is 12.6. The van der Waals surface area contributed by atoms with Gasteiger partial charge in [-0.2, -0.15) is 5.26 Å². The van der Waals surface area contributed by atoms with E-state index in [-0.39, 0.29) is 16.2 Å². The smallest absolute Gasteiger partial charge is 0.335 e. The van der Waals surface area contributed by atoms with E-state index < -0.39 is 11.9 Å². The van der Waals surface area contributed by atoms with Gasteiger partial charge in [0, 0.05) is 17.6 Å². The van der Waals surface area contributed by atoms with Crippen molar-refractivity contribution >= 4 is 46.5 Å². The van der Waals surface area contributed by atoms with E-state index in [4.69, 9.17) is 33.6 Å². The summed E-state index contributed by atoms with van der Waals surface area (Å²) in [6.45, 7) is 0. The van der Waals surface area contributed by atoms with Crippen LogP contribution in [-0.2, 0) is 4.79 Å². The van der Waals surface area contributed by atoms with E-state index in [1.54, 1.807) is 24.3 Å². The summed E-state index contributed by atoms with van der Waals surface area (Å²) in [6, 6.07) is 12.2. The molecule has 1 amide bonds. The summed E-state index contributed by atoms with van der Waals surface area (Å²) in [4.78, 5) is 23.1. The van der Waals surface area contributed by atoms with Crippen LogP contribution in [0.2, 0.25) is 10.0 Å². The summed E-state index contributed by atoms with van der Waals surface area (Å²) in [7, 11) is 0. The number of rotatable bonds is 5. The van der Waals surface area contributed by atoms with Gasteiger partial charge in [0.15, 0.2) is 0 Å². The highest BCUT2D eigenvalue weighted by Crippen LogP contribution is 2.25. The van der Waals surface area contributed by atoms with Crippen molar-refractivity contribution in [3.8, 4) is 6.07 Å². The second kappa shape index (κ2) is 8.20. The van der Waals surface area contributed by atoms with Crippen LogP contribution in [-0.4, -0.2) is 17.0 Å². The van der Waals surface area contributed by atoms with E-state index in [1.165, 1.54) is 30.5 Å². The first kappa shape index (κ1) is 18.3. The SMILES string of the molecule is N#C/C(=C/Nc1cccc(C(=O)O)c1)C(=O)Nc1ccc(Cl)c(Cl)c1. The Kier molecular flexibility index (Phi) is 6.01. The highest BCUT2D eigenvalue weighted by atomic mass is 35.5. The van der Waals surface area contributed by atoms with E-state index in [9.17, 15) is 9.59 Å². The molecule has 0 aliphatic carbocycles. The lowest BCUT2D eigenvalue weighted by Gasteiger charge is -2.06. The Morgan fingerprint density at radius 2 is 1.84 bits per heavy atom. The van der Waals surface area contributed by atoms with E-state index in [0.717, 1.165) is 0 Å². The fourth-order valence-corrected chi connectivity index (χ4v) is 2.12. The molecular weight excluding hydrogens is 365 g/mol. The van der Waals surface area contributed by atoms with E-state index in [1.807, 2.05) is 0 Å². The van der Waals surface area contributed by atoms with Gasteiger partial charge in [-0.1, -0.05) is 29.3 Å². The van der Waals surface area contributed by atoms with E-state index in [0.29, 0.717) is 16.4 Å². The minimum absolute atomic E-state index is 0.0807. The van der Waals surface area contributed by atoms with Crippen molar-refractivity contribution in [2.24, 2.45) is 0 Å². The van der Waals surface area contributed by atoms with Crippen LogP contribution in [0.25, 0.3) is 0 Å². The van der Waals surface area contributed by atoms with E-state index in [2.05, 4.69) is 10.6 Å². The Morgan fingerprint density at radius 1 is 1.08 bits per heavy atom. The molecule has 3 N–H and O–H groups in total. The first-order chi connectivity index (χ1) is 11.9. The first-order valence-corrected chi connectivity index (χ1v) is 7.63. The molecular formula is C17H11Cl2N3O3. The molecule has 0 atom stereocenters. The fourth-order valence-electron chi connectivity index (χ4n) is 1.82. The average Bonchev–Trinajstić information content (AvgIpc) is 2.59. The van der Waals surface area contributed by atoms with Gasteiger partial charge in [0.25, 0.3) is 5.91 Å². The molecule has 0 unspecified atom stereocenters. The Hall–Kier alpha value is -3.01. The second-order valence-electron chi connectivity index (χ2n) is 4.78. The van der Waals surface area contributed by atoms with Crippen LogP contribution in [0, 0.1) is 11.3 Å². The number of carboxylic acids is 1. The quantitative estimate of drug-likeness (QED) is 0.538. The van der Waals surface area contributed by atoms with Gasteiger partial charge < -0.3 is 15.7 Å². The Morgan fingerprint density at radius 3 is 2.48 bits per heavy atom. The second-order valence-corrected chi connectivity index (χ2v) is 5.60. The maximum absolute atomic E-state index is 12.1. The van der Waals surface area contributed by atoms with E-state index >= 15 is 0 Å². The number of carbonyl (C=O) groups is 2. The summed E-state index contributed by atoms with van der Waals surface area (Å²) in [5.74, 6) is -1.73. The number of nitriles is 1. The average molecular weight is 376 g/mol. The number of benzene rings is 2. The molecule has 0 fully saturated rings. The minimum Gasteiger partial charge on any atom is -0.478 e. The van der Waals surface area contributed by atoms with Gasteiger partial charge in [0.05, 0.1) is 15.6 Å². The van der Waals surface area contributed by atoms with Gasteiger partial charge in [-0.15, -0.1) is 0 Å². The predicted octanol–water partition coefficient (Wildman–Crippen LogP) is 4.15. The van der Waals surface area contributed by atoms with Gasteiger partial charge in [-0.25, -0.2) is 4.79 Å². The van der Waals surface area contributed by atoms with Crippen LogP contribution >= 0.6 is 23.2 Å². The fraction of sp³-hybridized carbons (Fsp3) is 0. The number of carboxylic acid groups (broad SMARTS) is 1. The molecule has 0 aromatic heterocycles. The lowest BCUT2D eigenvalue weighted by Crippen LogP contribution is -2.14. The summed E-state index contributed by atoms with van der Waals surface area (Å²) in [5.41, 5.74) is 0.687. The van der Waals surface area contributed by atoms with Gasteiger partial charge in [0.2, 0.25) is 0 Å². The number of hydrogen-bond donors (Lipinski definition) is 3. The molecule has 126 valence electrons. The summed E-state index contributed by atoms with van der Waals surface area (Å²) in [5, 5.41) is 23.9. The first-order valence-electron chi connectivity index (χ1n) is 6.87. The Balaban J connectivity index is 2.12. The molecule has 0 spiro atoms. The van der Waals surface area contributed by atoms with Crippen molar-refractivity contribution in [2.75, 3.05) is 10.6 Å². The third-order valence-electron chi connectivity index (χ3n) is 3.04. The molecule has 0 saturated carbocycles. The third-order valence-corrected chi connectivity index (χ3v) is 3.77. The van der Waals surface area contributed by atoms with Crippen molar-refractivity contribution in [1.29, 1.82) is 5.26 Å². The highest BCUT2D eigenvalue weighted by molar-refractivity contribution is 6.42. The number of nitrogens with zero attached hydrogens (tertiary/aromatic N) is 1. The van der Waals surface area contributed by atoms with Gasteiger partial charge in [-0.05, 0) is 36.4 Å². The molecule has 6 nitrogen and oxygen atoms in total. The molecule has 0 aliphatic rings. The molecule has 0 heterocycles. The normalized spacial score (nSPS) is 10.7. The van der Waals surface area contributed by atoms with Crippen molar-refractivity contribution < 1.29 is 14.7 Å². The molecule has 8 heteroatoms. The summed E-state index contributed by atoms with van der Waals surface area (Å²) >= 11 is 11.7. The van der Waals surface area contributed by atoms with Gasteiger partial charge in [-0.3, -0.25) is 4.79 Å². The molecule has 2 aromatic rings. The minimum atomic E-state index is -1.08. The van der Waals surface area contributed by atoms with Crippen LogP contribution in [0.15, 0.2) is 54.2 Å². The largest absolute Gasteiger partial charge is 0.478 e. The summed E-state index contributed by atoms with van der Waals surface area (Å²) in [6.07, 6.45) is 1.19. The topological polar surface area (TPSA) is 102 Å². The maximum Gasteiger partial charge on any atom is 0.335 e. The molecule has 2 aromatic carbocycles. The van der Waals surface area contributed by atoms with Crippen LogP contribution in [0.3, 0.4) is 0 Å². The predicted molar refractivity (Wildman–Crippen MR) is 95.8 cm³/mol. The zero-order chi connectivity index (χ0) is 18.4. The molecule has 2 rings (SSSR count). The van der Waals surface area contributed by atoms with Crippen molar-refractivity contribution in [3.05, 3.63) is 69.8 Å². The van der Waals surface area contributed by atoms with Crippen molar-refractivity contribution in [1.82, 2.24) is 0 Å². The monoisotopic (exact) mass is 375 g/mol. The lowest BCUT2D eigenvalue weighted by molar-refractivity contribution is -0.112. The number of anilines is 2. The molecule has 25 heavy (non-hydrogen) atoms. The molecule has 0 bridgehead atoms. The Bertz CT molecular complexity index is 904. The van der Waals surface area contributed by atoms with Gasteiger partial charge >= 0.3 is 5.97 Å². The van der Waals surface area contributed by atoms with Crippen LogP contribution in [0.5, 0.6) is 0 Å². The number of carbonyl (C=O) groups excluding carboxylic acids is 1. The van der Waals surface area contributed by atoms with Gasteiger partial charge in [0.1, 0.15) is 11.6 Å². The van der Waals surface area contributed by atoms with Crippen LogP contribution in [0.1, 0.15) is 10.4 Å². The van der Waals surface area contributed by atoms with Crippen LogP contribution in [0.4, 0.5) is 11.4 Å². The molecule has 0 saturated heterocycles. The third kappa shape index (κ3) is 4.98. The number of amides is 1. The van der Waals surface area contributed by atoms with Crippen molar-refractivity contribution in [3.63, 3.8) is 0 Å². The molecule has 0 radical (unpaired) electrons. The number of halogens is 2. The maximum atomic E-state index is 12.1. The number of aromatic carboxylic acids is 1. The summed E-state index contributed by atoms with van der Waals surface area (Å²) < 4.78 is 0. The highest BCUT2D eigenvalue weighted by Gasteiger charge is 2.10. The Labute approximate surface area is 153 Å². The number of hydrogen-bond acceptors (Lipinski definition) is 4. The standard InChI is InChI=1S/C17H11Cl2N3O3/c18-14-5-4-13(7-15(14)19)22-16(23)11(8-20)9-21-12-3-1-2-10(6-12)17(24)25/h1-7,9,21H,(H,22,23)(H,24,25)/b11-9-. The van der Waals surface area contributed by atoms with Crippen molar-refractivity contribution in [2.45, 2.75) is 0 Å². The number of nitrogens with one attached hydrogen (secondary N) is 2. The lowest BCUT2D eigenvalue weighted by atomic mass is 10.2. The van der Waals surface area contributed by atoms with Crippen LogP contribution < -0.4 is 10.6 Å². The zero-order valence-corrected chi connectivity index (χ0v) is 14.1. The molecule has 0 aliphatic heterocycles.